The zero-order valence-corrected chi connectivity index (χ0v) is 25.8. The first-order chi connectivity index (χ1) is 23.3. The van der Waals surface area contributed by atoms with Crippen LogP contribution in [0.1, 0.15) is 11.1 Å². The first-order valence-corrected chi connectivity index (χ1v) is 15.0. The largest absolute Gasteiger partial charge is 0.504 e. The molecule has 2 fully saturated rings. The number of rotatable bonds is 10. The lowest BCUT2D eigenvalue weighted by molar-refractivity contribution is -0.277. The topological polar surface area (TPSA) is 286 Å². The Morgan fingerprint density at radius 3 is 1.92 bits per heavy atom. The number of aliphatic hydroxyl groups excluding tert-OH is 8. The fourth-order valence-corrected chi connectivity index (χ4v) is 5.73. The standard InChI is InChI=1S/C31H37NO17/c1-45-19-6-12(2-4-17(19)46-30-27(41)25(39)23(37)20(10-33)48-30)3-5-22(36)32-14-9-18(16(35)8-13(14)7-15(32)29(43)44)47-31-28(42)26(40)24(38)21(11-34)49-31/h2-6,8-9,15,20-21,23-28,30-31,33-35,37-42H,7,10-11H2,1H3,(H,43,44)/t15-,20-,21-,23-,24-,25+,26+,27-,28-,30+,31+/m1/s1. The van der Waals surface area contributed by atoms with E-state index in [1.807, 2.05) is 0 Å². The molecular formula is C31H37NO17. The Kier molecular flexibility index (Phi) is 10.9. The van der Waals surface area contributed by atoms with Gasteiger partial charge >= 0.3 is 5.97 Å². The van der Waals surface area contributed by atoms with Crippen molar-refractivity contribution < 1.29 is 84.3 Å². The lowest BCUT2D eigenvalue weighted by atomic mass is 9.99. The minimum absolute atomic E-state index is 0.0430. The molecule has 0 radical (unpaired) electrons. The highest BCUT2D eigenvalue weighted by Crippen LogP contribution is 2.42. The number of nitrogens with zero attached hydrogens (tertiary/aromatic N) is 1. The number of anilines is 1. The van der Waals surface area contributed by atoms with E-state index in [2.05, 4.69) is 0 Å². The van der Waals surface area contributed by atoms with Crippen molar-refractivity contribution in [2.45, 2.75) is 73.9 Å². The molecule has 2 saturated heterocycles. The second-order valence-corrected chi connectivity index (χ2v) is 11.6. The molecule has 3 aliphatic rings. The Bertz CT molecular complexity index is 1550. The fraction of sp³-hybridized carbons (Fsp3) is 0.484. The monoisotopic (exact) mass is 695 g/mol. The van der Waals surface area contributed by atoms with Crippen LogP contribution < -0.4 is 19.1 Å². The van der Waals surface area contributed by atoms with Crippen LogP contribution in [0.2, 0.25) is 0 Å². The van der Waals surface area contributed by atoms with E-state index in [1.165, 1.54) is 37.5 Å². The van der Waals surface area contributed by atoms with Gasteiger partial charge in [0.2, 0.25) is 12.6 Å². The maximum atomic E-state index is 13.5. The Hall–Kier alpha value is -4.08. The number of phenols is 1. The molecule has 268 valence electrons. The van der Waals surface area contributed by atoms with Gasteiger partial charge in [-0.2, -0.15) is 0 Å². The molecule has 18 nitrogen and oxygen atoms in total. The van der Waals surface area contributed by atoms with Gasteiger partial charge in [0.1, 0.15) is 54.9 Å². The first kappa shape index (κ1) is 36.2. The summed E-state index contributed by atoms with van der Waals surface area (Å²) in [7, 11) is 1.31. The highest BCUT2D eigenvalue weighted by molar-refractivity contribution is 6.09. The minimum Gasteiger partial charge on any atom is -0.504 e. The van der Waals surface area contributed by atoms with Crippen LogP contribution >= 0.6 is 0 Å². The molecule has 2 aromatic carbocycles. The maximum absolute atomic E-state index is 13.5. The predicted octanol–water partition coefficient (Wildman–Crippen LogP) is -3.19. The van der Waals surface area contributed by atoms with Crippen LogP contribution in [0.15, 0.2) is 36.4 Å². The summed E-state index contributed by atoms with van der Waals surface area (Å²) >= 11 is 0. The van der Waals surface area contributed by atoms with Gasteiger partial charge in [-0.1, -0.05) is 6.07 Å². The minimum atomic E-state index is -1.80. The summed E-state index contributed by atoms with van der Waals surface area (Å²) < 4.78 is 27.2. The number of carboxylic acid groups (broad SMARTS) is 1. The molecule has 0 spiro atoms. The average Bonchev–Trinajstić information content (AvgIpc) is 3.46. The van der Waals surface area contributed by atoms with Gasteiger partial charge in [0.25, 0.3) is 5.91 Å². The molecule has 10 N–H and O–H groups in total. The molecule has 1 amide bonds. The van der Waals surface area contributed by atoms with Crippen molar-refractivity contribution in [1.29, 1.82) is 0 Å². The fourth-order valence-electron chi connectivity index (χ4n) is 5.73. The van der Waals surface area contributed by atoms with Crippen molar-refractivity contribution >= 4 is 23.6 Å². The van der Waals surface area contributed by atoms with Gasteiger partial charge in [0.15, 0.2) is 23.0 Å². The van der Waals surface area contributed by atoms with E-state index < -0.39 is 98.3 Å². The van der Waals surface area contributed by atoms with Crippen LogP contribution in [0.25, 0.3) is 6.08 Å². The number of carboxylic acids is 1. The first-order valence-electron chi connectivity index (χ1n) is 15.0. The van der Waals surface area contributed by atoms with Crippen LogP contribution in [0.3, 0.4) is 0 Å². The number of ether oxygens (including phenoxy) is 5. The van der Waals surface area contributed by atoms with E-state index in [1.54, 1.807) is 0 Å². The van der Waals surface area contributed by atoms with Crippen LogP contribution in [-0.2, 0) is 25.5 Å². The second-order valence-electron chi connectivity index (χ2n) is 11.6. The van der Waals surface area contributed by atoms with E-state index >= 15 is 0 Å². The maximum Gasteiger partial charge on any atom is 0.327 e. The molecule has 11 atom stereocenters. The molecule has 49 heavy (non-hydrogen) atoms. The number of fused-ring (bicyclic) bond motifs is 1. The smallest absolute Gasteiger partial charge is 0.327 e. The third-order valence-corrected chi connectivity index (χ3v) is 8.46. The van der Waals surface area contributed by atoms with Crippen LogP contribution in [-0.4, -0.2) is 151 Å². The number of hydrogen-bond donors (Lipinski definition) is 10. The average molecular weight is 696 g/mol. The van der Waals surface area contributed by atoms with Crippen LogP contribution in [0.4, 0.5) is 5.69 Å². The summed E-state index contributed by atoms with van der Waals surface area (Å²) in [5.41, 5.74) is 0.722. The lowest BCUT2D eigenvalue weighted by Gasteiger charge is -2.39. The van der Waals surface area contributed by atoms with Gasteiger partial charge in [-0.15, -0.1) is 0 Å². The quantitative estimate of drug-likeness (QED) is 0.110. The highest BCUT2D eigenvalue weighted by atomic mass is 16.7. The van der Waals surface area contributed by atoms with Crippen molar-refractivity contribution in [3.8, 4) is 23.0 Å². The number of phenolic OH excluding ortho intramolecular Hbond substituents is 1. The molecular weight excluding hydrogens is 658 g/mol. The lowest BCUT2D eigenvalue weighted by Crippen LogP contribution is -2.60. The van der Waals surface area contributed by atoms with Gasteiger partial charge in [0.05, 0.1) is 26.0 Å². The molecule has 3 heterocycles. The van der Waals surface area contributed by atoms with E-state index in [0.29, 0.717) is 5.56 Å². The number of aromatic hydroxyl groups is 1. The zero-order valence-electron chi connectivity index (χ0n) is 25.8. The number of hydrogen-bond acceptors (Lipinski definition) is 16. The van der Waals surface area contributed by atoms with E-state index in [4.69, 9.17) is 23.7 Å². The number of methoxy groups -OCH3 is 1. The summed E-state index contributed by atoms with van der Waals surface area (Å²) in [6, 6.07) is 5.30. The molecule has 0 aromatic heterocycles. The second kappa shape index (κ2) is 14.8. The third-order valence-electron chi connectivity index (χ3n) is 8.46. The Labute approximate surface area is 277 Å². The van der Waals surface area contributed by atoms with E-state index in [-0.39, 0.29) is 34.9 Å². The molecule has 5 rings (SSSR count). The number of aliphatic carboxylic acids is 1. The summed E-state index contributed by atoms with van der Waals surface area (Å²) in [6.07, 6.45) is -13.5. The summed E-state index contributed by atoms with van der Waals surface area (Å²) in [5, 5.41) is 100. The Balaban J connectivity index is 1.36. The summed E-state index contributed by atoms with van der Waals surface area (Å²) in [5.74, 6) is -2.83. The third kappa shape index (κ3) is 7.15. The molecule has 0 aliphatic carbocycles. The van der Waals surface area contributed by atoms with Crippen molar-refractivity contribution in [3.05, 3.63) is 47.5 Å². The molecule has 0 saturated carbocycles. The SMILES string of the molecule is COc1cc(C=CC(=O)N2c3cc(O[C@H]4O[C@H](CO)[C@@H](O)[C@H](O)[C@H]4O)c(O)cc3C[C@@H]2C(=O)O)ccc1O[C@H]1O[C@H](CO)[C@@H](O)[C@H](O)[C@H]1O. The summed E-state index contributed by atoms with van der Waals surface area (Å²) in [4.78, 5) is 26.6. The van der Waals surface area contributed by atoms with E-state index in [0.717, 1.165) is 17.0 Å². The van der Waals surface area contributed by atoms with E-state index in [9.17, 15) is 60.7 Å². The molecule has 3 aliphatic heterocycles. The molecule has 18 heteroatoms. The van der Waals surface area contributed by atoms with Crippen molar-refractivity contribution in [3.63, 3.8) is 0 Å². The van der Waals surface area contributed by atoms with Crippen molar-refractivity contribution in [1.82, 2.24) is 0 Å². The van der Waals surface area contributed by atoms with Crippen molar-refractivity contribution in [2.75, 3.05) is 25.2 Å². The normalized spacial score (nSPS) is 32.9. The zero-order chi connectivity index (χ0) is 35.7. The highest BCUT2D eigenvalue weighted by Gasteiger charge is 2.46. The van der Waals surface area contributed by atoms with Crippen LogP contribution in [0.5, 0.6) is 23.0 Å². The number of aliphatic hydroxyl groups is 8. The number of carbonyl (C=O) groups excluding carboxylic acids is 1. The predicted molar refractivity (Wildman–Crippen MR) is 162 cm³/mol. The molecule has 0 bridgehead atoms. The molecule has 0 unspecified atom stereocenters. The van der Waals surface area contributed by atoms with Gasteiger partial charge in [-0.3, -0.25) is 9.69 Å². The van der Waals surface area contributed by atoms with Gasteiger partial charge < -0.3 is 74.7 Å². The van der Waals surface area contributed by atoms with Gasteiger partial charge in [-0.25, -0.2) is 4.79 Å². The van der Waals surface area contributed by atoms with Crippen molar-refractivity contribution in [2.24, 2.45) is 0 Å². The number of carbonyl (C=O) groups is 2. The van der Waals surface area contributed by atoms with Gasteiger partial charge in [0, 0.05) is 18.6 Å². The Morgan fingerprint density at radius 2 is 1.39 bits per heavy atom. The number of amides is 1. The van der Waals surface area contributed by atoms with Crippen LogP contribution in [0, 0.1) is 0 Å². The molecule has 2 aromatic rings. The summed E-state index contributed by atoms with van der Waals surface area (Å²) in [6.45, 7) is -1.38. The number of benzene rings is 2. The Morgan fingerprint density at radius 1 is 0.816 bits per heavy atom. The van der Waals surface area contributed by atoms with Gasteiger partial charge in [-0.05, 0) is 35.4 Å².